The standard InChI is InChI=1S/C35H34N4O7/c1-39(2)27-15-11-23(12-16-27)19-29(37-33(40)25-9-7-6-8-10-25)34(41)38-36-22-24-13-17-28(18-14-24)46-35(42)26-20-30(43-3)32(45-5)31(21-26)44-4/h6-22H,1-5H3,(H,37,40)(H,38,41)/b29-19-,36-22+. The minimum atomic E-state index is -0.624. The molecule has 4 aromatic carbocycles. The van der Waals surface area contributed by atoms with E-state index in [-0.39, 0.29) is 17.0 Å². The number of amides is 2. The van der Waals surface area contributed by atoms with E-state index in [9.17, 15) is 14.4 Å². The second-order valence-corrected chi connectivity index (χ2v) is 9.94. The summed E-state index contributed by atoms with van der Waals surface area (Å²) < 4.78 is 21.4. The fourth-order valence-electron chi connectivity index (χ4n) is 4.19. The first-order valence-corrected chi connectivity index (χ1v) is 14.0. The van der Waals surface area contributed by atoms with Gasteiger partial charge in [-0.1, -0.05) is 30.3 Å². The number of rotatable bonds is 12. The van der Waals surface area contributed by atoms with Gasteiger partial charge in [0.25, 0.3) is 11.8 Å². The zero-order valence-electron chi connectivity index (χ0n) is 26.1. The maximum absolute atomic E-state index is 13.1. The Labute approximate surface area is 267 Å². The Morgan fingerprint density at radius 2 is 1.35 bits per heavy atom. The van der Waals surface area contributed by atoms with E-state index in [0.29, 0.717) is 33.9 Å². The molecular formula is C35H34N4O7. The third-order valence-electron chi connectivity index (χ3n) is 6.62. The minimum Gasteiger partial charge on any atom is -0.493 e. The Bertz CT molecular complexity index is 1710. The molecule has 0 aliphatic carbocycles. The Morgan fingerprint density at radius 3 is 1.91 bits per heavy atom. The summed E-state index contributed by atoms with van der Waals surface area (Å²) in [5.41, 5.74) is 5.40. The third-order valence-corrected chi connectivity index (χ3v) is 6.62. The van der Waals surface area contributed by atoms with Gasteiger partial charge in [0.05, 0.1) is 33.1 Å². The van der Waals surface area contributed by atoms with Crippen LogP contribution in [0.4, 0.5) is 5.69 Å². The number of carbonyl (C=O) groups is 3. The van der Waals surface area contributed by atoms with E-state index < -0.39 is 17.8 Å². The second-order valence-electron chi connectivity index (χ2n) is 9.94. The summed E-state index contributed by atoms with van der Waals surface area (Å²) in [4.78, 5) is 40.7. The molecule has 0 radical (unpaired) electrons. The number of carbonyl (C=O) groups excluding carboxylic acids is 3. The lowest BCUT2D eigenvalue weighted by Crippen LogP contribution is -2.32. The predicted molar refractivity (Wildman–Crippen MR) is 176 cm³/mol. The van der Waals surface area contributed by atoms with Crippen molar-refractivity contribution in [2.45, 2.75) is 0 Å². The molecule has 2 N–H and O–H groups in total. The van der Waals surface area contributed by atoms with Gasteiger partial charge in [0.2, 0.25) is 5.75 Å². The first-order chi connectivity index (χ1) is 22.2. The van der Waals surface area contributed by atoms with E-state index in [4.69, 9.17) is 18.9 Å². The van der Waals surface area contributed by atoms with E-state index in [1.54, 1.807) is 60.7 Å². The Kier molecular flexibility index (Phi) is 11.1. The fourth-order valence-corrected chi connectivity index (χ4v) is 4.19. The average Bonchev–Trinajstić information content (AvgIpc) is 3.08. The van der Waals surface area contributed by atoms with Crippen molar-refractivity contribution >= 4 is 35.8 Å². The molecule has 0 heterocycles. The average molecular weight is 623 g/mol. The maximum atomic E-state index is 13.1. The highest BCUT2D eigenvalue weighted by atomic mass is 16.5. The van der Waals surface area contributed by atoms with Gasteiger partial charge >= 0.3 is 5.97 Å². The van der Waals surface area contributed by atoms with Crippen LogP contribution >= 0.6 is 0 Å². The van der Waals surface area contributed by atoms with Crippen molar-refractivity contribution < 1.29 is 33.3 Å². The summed E-state index contributed by atoms with van der Waals surface area (Å²) in [6.07, 6.45) is 2.99. The van der Waals surface area contributed by atoms with Gasteiger partial charge in [0.15, 0.2) is 11.5 Å². The summed E-state index contributed by atoms with van der Waals surface area (Å²) in [5.74, 6) is -0.391. The molecule has 0 aliphatic rings. The molecule has 0 bridgehead atoms. The number of nitrogens with zero attached hydrogens (tertiary/aromatic N) is 2. The van der Waals surface area contributed by atoms with Gasteiger partial charge in [-0.15, -0.1) is 0 Å². The summed E-state index contributed by atoms with van der Waals surface area (Å²) in [6, 6.07) is 25.6. The first-order valence-electron chi connectivity index (χ1n) is 14.0. The van der Waals surface area contributed by atoms with Crippen molar-refractivity contribution in [1.29, 1.82) is 0 Å². The number of nitrogens with one attached hydrogen (secondary N) is 2. The van der Waals surface area contributed by atoms with E-state index in [1.165, 1.54) is 39.7 Å². The smallest absolute Gasteiger partial charge is 0.343 e. The van der Waals surface area contributed by atoms with Gasteiger partial charge in [-0.3, -0.25) is 9.59 Å². The van der Waals surface area contributed by atoms with Crippen molar-refractivity contribution in [3.05, 3.63) is 119 Å². The lowest BCUT2D eigenvalue weighted by Gasteiger charge is -2.13. The van der Waals surface area contributed by atoms with Crippen molar-refractivity contribution in [3.8, 4) is 23.0 Å². The van der Waals surface area contributed by atoms with Crippen molar-refractivity contribution in [2.75, 3.05) is 40.3 Å². The zero-order valence-corrected chi connectivity index (χ0v) is 26.1. The summed E-state index contributed by atoms with van der Waals surface area (Å²) in [5, 5.41) is 6.73. The number of hydrazone groups is 1. The van der Waals surface area contributed by atoms with Gasteiger partial charge in [-0.25, -0.2) is 10.2 Å². The van der Waals surface area contributed by atoms with Crippen LogP contribution in [-0.2, 0) is 4.79 Å². The molecule has 46 heavy (non-hydrogen) atoms. The molecule has 0 saturated carbocycles. The van der Waals surface area contributed by atoms with Crippen molar-refractivity contribution in [1.82, 2.24) is 10.7 Å². The molecule has 0 unspecified atom stereocenters. The molecule has 11 nitrogen and oxygen atoms in total. The number of hydrogen-bond donors (Lipinski definition) is 2. The molecule has 11 heteroatoms. The molecular weight excluding hydrogens is 588 g/mol. The highest BCUT2D eigenvalue weighted by molar-refractivity contribution is 6.05. The summed E-state index contributed by atoms with van der Waals surface area (Å²) in [7, 11) is 8.24. The van der Waals surface area contributed by atoms with E-state index >= 15 is 0 Å². The molecule has 4 aromatic rings. The van der Waals surface area contributed by atoms with Gasteiger partial charge in [-0.05, 0) is 77.9 Å². The first kappa shape index (κ1) is 32.8. The number of anilines is 1. The lowest BCUT2D eigenvalue weighted by molar-refractivity contribution is -0.117. The number of benzene rings is 4. The molecule has 0 aliphatic heterocycles. The van der Waals surface area contributed by atoms with Gasteiger partial charge in [0.1, 0.15) is 11.4 Å². The number of esters is 1. The Balaban J connectivity index is 1.44. The number of hydrogen-bond acceptors (Lipinski definition) is 9. The normalized spacial score (nSPS) is 11.0. The quantitative estimate of drug-likeness (QED) is 0.0750. The Morgan fingerprint density at radius 1 is 0.739 bits per heavy atom. The highest BCUT2D eigenvalue weighted by Crippen LogP contribution is 2.38. The molecule has 0 fully saturated rings. The predicted octanol–water partition coefficient (Wildman–Crippen LogP) is 4.92. The van der Waals surface area contributed by atoms with E-state index in [2.05, 4.69) is 15.8 Å². The summed E-state index contributed by atoms with van der Waals surface area (Å²) >= 11 is 0. The Hall–Kier alpha value is -6.10. The van der Waals surface area contributed by atoms with Crippen LogP contribution in [0.1, 0.15) is 31.8 Å². The van der Waals surface area contributed by atoms with Gasteiger partial charge in [-0.2, -0.15) is 5.10 Å². The van der Waals surface area contributed by atoms with Crippen LogP contribution in [0.3, 0.4) is 0 Å². The van der Waals surface area contributed by atoms with Crippen LogP contribution in [0, 0.1) is 0 Å². The molecule has 0 atom stereocenters. The van der Waals surface area contributed by atoms with Crippen LogP contribution in [0.25, 0.3) is 6.08 Å². The molecule has 0 saturated heterocycles. The maximum Gasteiger partial charge on any atom is 0.343 e. The zero-order chi connectivity index (χ0) is 33.1. The van der Waals surface area contributed by atoms with Gasteiger partial charge in [0, 0.05) is 25.3 Å². The van der Waals surface area contributed by atoms with E-state index in [0.717, 1.165) is 5.69 Å². The van der Waals surface area contributed by atoms with Crippen molar-refractivity contribution in [3.63, 3.8) is 0 Å². The largest absolute Gasteiger partial charge is 0.493 e. The monoisotopic (exact) mass is 622 g/mol. The molecule has 0 aromatic heterocycles. The SMILES string of the molecule is COc1cc(C(=O)Oc2ccc(/C=N/NC(=O)/C(=C/c3ccc(N(C)C)cc3)NC(=O)c3ccccc3)cc2)cc(OC)c1OC. The summed E-state index contributed by atoms with van der Waals surface area (Å²) in [6.45, 7) is 0. The highest BCUT2D eigenvalue weighted by Gasteiger charge is 2.19. The minimum absolute atomic E-state index is 0.0117. The van der Waals surface area contributed by atoms with Gasteiger partial charge < -0.3 is 29.2 Å². The van der Waals surface area contributed by atoms with Crippen LogP contribution in [-0.4, -0.2) is 59.4 Å². The van der Waals surface area contributed by atoms with Crippen LogP contribution < -0.4 is 34.6 Å². The van der Waals surface area contributed by atoms with E-state index in [1.807, 2.05) is 43.3 Å². The molecule has 2 amide bonds. The van der Waals surface area contributed by atoms with Crippen LogP contribution in [0.5, 0.6) is 23.0 Å². The number of ether oxygens (including phenoxy) is 4. The lowest BCUT2D eigenvalue weighted by atomic mass is 10.1. The number of methoxy groups -OCH3 is 3. The van der Waals surface area contributed by atoms with Crippen molar-refractivity contribution in [2.24, 2.45) is 5.10 Å². The fraction of sp³-hybridized carbons (Fsp3) is 0.143. The third kappa shape index (κ3) is 8.50. The van der Waals surface area contributed by atoms with Crippen LogP contribution in [0.15, 0.2) is 102 Å². The molecule has 4 rings (SSSR count). The topological polar surface area (TPSA) is 128 Å². The molecule has 0 spiro atoms. The van der Waals surface area contributed by atoms with Crippen LogP contribution in [0.2, 0.25) is 0 Å². The second kappa shape index (κ2) is 15.6. The molecule has 236 valence electrons.